The molecule has 0 aromatic rings. The molecule has 1 N–H and O–H groups in total. The summed E-state index contributed by atoms with van der Waals surface area (Å²) in [5, 5.41) is 10.7. The van der Waals surface area contributed by atoms with E-state index in [9.17, 15) is 5.11 Å². The Balaban J connectivity index is 4.37. The van der Waals surface area contributed by atoms with Crippen molar-refractivity contribution in [2.45, 2.75) is 99.0 Å². The van der Waals surface area contributed by atoms with Crippen molar-refractivity contribution in [3.05, 3.63) is 58.7 Å². The molecule has 1 atom stereocenters. The summed E-state index contributed by atoms with van der Waals surface area (Å²) in [5.74, 6) is 0. The van der Waals surface area contributed by atoms with Gasteiger partial charge >= 0.3 is 0 Å². The number of rotatable bonds is 12. The molecule has 1 unspecified atom stereocenters. The molecule has 0 aliphatic heterocycles. The lowest BCUT2D eigenvalue weighted by Crippen LogP contribution is -2.26. The molecule has 0 rings (SSSR count). The van der Waals surface area contributed by atoms with E-state index in [1.807, 2.05) is 6.92 Å². The highest BCUT2D eigenvalue weighted by Crippen LogP contribution is 2.25. The molecule has 0 saturated heterocycles. The molecular weight excluding hydrogens is 316 g/mol. The Kier molecular flexibility index (Phi) is 12.3. The number of allylic oxidation sites excluding steroid dienone is 8. The van der Waals surface area contributed by atoms with Gasteiger partial charge in [-0.1, -0.05) is 53.2 Å². The molecule has 26 heavy (non-hydrogen) atoms. The SMILES string of the molecule is C=C(C/C=C(\C)CCC=C(C)C)C(C)(O)CCC=C(C)CCC=C(C)C. The van der Waals surface area contributed by atoms with Crippen LogP contribution in [0.15, 0.2) is 58.7 Å². The Morgan fingerprint density at radius 1 is 0.769 bits per heavy atom. The zero-order chi connectivity index (χ0) is 20.2. The van der Waals surface area contributed by atoms with Crippen LogP contribution < -0.4 is 0 Å². The Bertz CT molecular complexity index is 545. The van der Waals surface area contributed by atoms with Gasteiger partial charge < -0.3 is 5.11 Å². The normalized spacial score (nSPS) is 14.6. The number of hydrogen-bond donors (Lipinski definition) is 1. The lowest BCUT2D eigenvalue weighted by Gasteiger charge is -2.25. The molecule has 148 valence electrons. The highest BCUT2D eigenvalue weighted by Gasteiger charge is 2.22. The Morgan fingerprint density at radius 3 is 1.69 bits per heavy atom. The predicted octanol–water partition coefficient (Wildman–Crippen LogP) is 7.85. The first kappa shape index (κ1) is 24.7. The third-order valence-electron chi connectivity index (χ3n) is 4.77. The molecule has 0 fully saturated rings. The number of hydrogen-bond acceptors (Lipinski definition) is 1. The standard InChI is InChI=1S/C25H42O/c1-20(2)12-9-14-22(5)16-11-19-25(8,26)24(7)18-17-23(6)15-10-13-21(3)4/h12-13,16-17,26H,7,9-11,14-15,18-19H2,1-6,8H3/b22-16?,23-17+. The molecule has 1 nitrogen and oxygen atoms in total. The lowest BCUT2D eigenvalue weighted by molar-refractivity contribution is 0.0885. The maximum Gasteiger partial charge on any atom is 0.0832 e. The van der Waals surface area contributed by atoms with Crippen molar-refractivity contribution in [2.75, 3.05) is 0 Å². The van der Waals surface area contributed by atoms with Gasteiger partial charge in [-0.25, -0.2) is 0 Å². The van der Waals surface area contributed by atoms with Crippen LogP contribution >= 0.6 is 0 Å². The number of aliphatic hydroxyl groups is 1. The van der Waals surface area contributed by atoms with Gasteiger partial charge in [0.05, 0.1) is 5.60 Å². The van der Waals surface area contributed by atoms with Gasteiger partial charge in [-0.05, 0) is 99.0 Å². The maximum absolute atomic E-state index is 10.7. The summed E-state index contributed by atoms with van der Waals surface area (Å²) in [6, 6.07) is 0. The minimum absolute atomic E-state index is 0.733. The van der Waals surface area contributed by atoms with E-state index in [1.54, 1.807) is 0 Å². The summed E-state index contributed by atoms with van der Waals surface area (Å²) in [6.07, 6.45) is 15.8. The minimum Gasteiger partial charge on any atom is -0.386 e. The van der Waals surface area contributed by atoms with E-state index in [4.69, 9.17) is 0 Å². The zero-order valence-corrected chi connectivity index (χ0v) is 18.4. The molecule has 0 radical (unpaired) electrons. The molecular formula is C25H42O. The fraction of sp³-hybridized carbons (Fsp3) is 0.600. The van der Waals surface area contributed by atoms with Crippen molar-refractivity contribution in [2.24, 2.45) is 0 Å². The molecule has 0 aromatic carbocycles. The zero-order valence-electron chi connectivity index (χ0n) is 18.4. The van der Waals surface area contributed by atoms with Gasteiger partial charge in [0.2, 0.25) is 0 Å². The van der Waals surface area contributed by atoms with Crippen LogP contribution in [0.2, 0.25) is 0 Å². The molecule has 0 aliphatic carbocycles. The molecule has 1 heteroatoms. The predicted molar refractivity (Wildman–Crippen MR) is 118 cm³/mol. The summed E-state index contributed by atoms with van der Waals surface area (Å²) < 4.78 is 0. The molecule has 0 spiro atoms. The highest BCUT2D eigenvalue weighted by molar-refractivity contribution is 5.17. The van der Waals surface area contributed by atoms with Crippen molar-refractivity contribution < 1.29 is 5.11 Å². The molecule has 0 aromatic heterocycles. The van der Waals surface area contributed by atoms with Crippen LogP contribution in [-0.2, 0) is 0 Å². The van der Waals surface area contributed by atoms with Crippen LogP contribution in [-0.4, -0.2) is 10.7 Å². The second-order valence-corrected chi connectivity index (χ2v) is 8.36. The third kappa shape index (κ3) is 12.9. The summed E-state index contributed by atoms with van der Waals surface area (Å²) in [7, 11) is 0. The summed E-state index contributed by atoms with van der Waals surface area (Å²) in [4.78, 5) is 0. The van der Waals surface area contributed by atoms with E-state index in [0.717, 1.165) is 50.5 Å². The van der Waals surface area contributed by atoms with Gasteiger partial charge in [-0.3, -0.25) is 0 Å². The first-order chi connectivity index (χ1) is 12.0. The van der Waals surface area contributed by atoms with Gasteiger partial charge in [-0.2, -0.15) is 0 Å². The van der Waals surface area contributed by atoms with E-state index < -0.39 is 5.60 Å². The quantitative estimate of drug-likeness (QED) is 0.352. The molecule has 0 bridgehead atoms. The summed E-state index contributed by atoms with van der Waals surface area (Å²) >= 11 is 0. The Hall–Kier alpha value is -1.34. The van der Waals surface area contributed by atoms with Crippen LogP contribution in [0.4, 0.5) is 0 Å². The van der Waals surface area contributed by atoms with Crippen LogP contribution in [0.25, 0.3) is 0 Å². The highest BCUT2D eigenvalue weighted by atomic mass is 16.3. The molecule has 0 saturated carbocycles. The van der Waals surface area contributed by atoms with Gasteiger partial charge in [0.1, 0.15) is 0 Å². The molecule has 0 amide bonds. The van der Waals surface area contributed by atoms with E-state index in [0.29, 0.717) is 0 Å². The lowest BCUT2D eigenvalue weighted by atomic mass is 9.88. The van der Waals surface area contributed by atoms with E-state index in [-0.39, 0.29) is 0 Å². The fourth-order valence-electron chi connectivity index (χ4n) is 2.67. The fourth-order valence-corrected chi connectivity index (χ4v) is 2.67. The smallest absolute Gasteiger partial charge is 0.0832 e. The largest absolute Gasteiger partial charge is 0.386 e. The van der Waals surface area contributed by atoms with Crippen molar-refractivity contribution in [3.63, 3.8) is 0 Å². The average Bonchev–Trinajstić information content (AvgIpc) is 2.51. The van der Waals surface area contributed by atoms with Gasteiger partial charge in [0.15, 0.2) is 0 Å². The van der Waals surface area contributed by atoms with E-state index >= 15 is 0 Å². The first-order valence-corrected chi connectivity index (χ1v) is 10.0. The van der Waals surface area contributed by atoms with E-state index in [1.165, 1.54) is 22.3 Å². The van der Waals surface area contributed by atoms with Crippen molar-refractivity contribution in [3.8, 4) is 0 Å². The minimum atomic E-state index is -0.798. The van der Waals surface area contributed by atoms with Crippen LogP contribution in [0, 0.1) is 0 Å². The van der Waals surface area contributed by atoms with Crippen molar-refractivity contribution >= 4 is 0 Å². The maximum atomic E-state index is 10.7. The van der Waals surface area contributed by atoms with Gasteiger partial charge in [0, 0.05) is 0 Å². The summed E-state index contributed by atoms with van der Waals surface area (Å²) in [6.45, 7) is 18.9. The monoisotopic (exact) mass is 358 g/mol. The third-order valence-corrected chi connectivity index (χ3v) is 4.77. The summed E-state index contributed by atoms with van der Waals surface area (Å²) in [5.41, 5.74) is 5.63. The van der Waals surface area contributed by atoms with Crippen LogP contribution in [0.1, 0.15) is 93.4 Å². The Morgan fingerprint density at radius 2 is 1.23 bits per heavy atom. The van der Waals surface area contributed by atoms with Crippen molar-refractivity contribution in [1.29, 1.82) is 0 Å². The van der Waals surface area contributed by atoms with E-state index in [2.05, 4.69) is 72.4 Å². The second kappa shape index (κ2) is 12.9. The van der Waals surface area contributed by atoms with Crippen LogP contribution in [0.5, 0.6) is 0 Å². The second-order valence-electron chi connectivity index (χ2n) is 8.36. The van der Waals surface area contributed by atoms with Crippen molar-refractivity contribution in [1.82, 2.24) is 0 Å². The first-order valence-electron chi connectivity index (χ1n) is 10.0. The molecule has 0 aliphatic rings. The van der Waals surface area contributed by atoms with Gasteiger partial charge in [-0.15, -0.1) is 0 Å². The Labute approximate surface area is 163 Å². The molecule has 0 heterocycles. The van der Waals surface area contributed by atoms with Gasteiger partial charge in [0.25, 0.3) is 0 Å². The average molecular weight is 359 g/mol. The van der Waals surface area contributed by atoms with Crippen LogP contribution in [0.3, 0.4) is 0 Å². The topological polar surface area (TPSA) is 20.2 Å².